The molecule has 1 amide bonds. The van der Waals surface area contributed by atoms with Crippen LogP contribution in [-0.4, -0.2) is 32.5 Å². The van der Waals surface area contributed by atoms with E-state index in [0.29, 0.717) is 34.9 Å². The number of aromatic amines is 1. The van der Waals surface area contributed by atoms with Crippen LogP contribution < -0.4 is 0 Å². The lowest BCUT2D eigenvalue weighted by Crippen LogP contribution is -2.31. The monoisotopic (exact) mass is 416 g/mol. The molecule has 0 aliphatic carbocycles. The van der Waals surface area contributed by atoms with E-state index in [9.17, 15) is 9.18 Å². The summed E-state index contributed by atoms with van der Waals surface area (Å²) < 4.78 is 24.7. The van der Waals surface area contributed by atoms with Crippen LogP contribution >= 0.6 is 0 Å². The number of rotatable bonds is 3. The largest absolute Gasteiger partial charge is 0.453 e. The minimum Gasteiger partial charge on any atom is -0.453 e. The number of furan rings is 1. The number of amides is 1. The molecule has 1 unspecified atom stereocenters. The number of para-hydroxylation sites is 1. The van der Waals surface area contributed by atoms with Crippen molar-refractivity contribution in [3.05, 3.63) is 71.9 Å². The number of nitrogens with one attached hydrogen (secondary N) is 1. The van der Waals surface area contributed by atoms with E-state index in [4.69, 9.17) is 8.94 Å². The number of aromatic nitrogens is 3. The first-order chi connectivity index (χ1) is 15.2. The first kappa shape index (κ1) is 17.9. The molecule has 0 radical (unpaired) electrons. The minimum absolute atomic E-state index is 0.213. The molecular formula is C23H17FN4O3. The Bertz CT molecular complexity index is 1400. The number of halogens is 1. The smallest absolute Gasteiger partial charge is 0.276 e. The Labute approximate surface area is 175 Å². The Kier molecular flexibility index (Phi) is 3.92. The van der Waals surface area contributed by atoms with Gasteiger partial charge in [-0.15, -0.1) is 0 Å². The molecule has 154 valence electrons. The zero-order valence-electron chi connectivity index (χ0n) is 16.3. The fourth-order valence-corrected chi connectivity index (χ4v) is 4.20. The van der Waals surface area contributed by atoms with E-state index in [1.54, 1.807) is 17.0 Å². The third kappa shape index (κ3) is 2.99. The molecule has 0 saturated carbocycles. The van der Waals surface area contributed by atoms with Crippen LogP contribution in [0.15, 0.2) is 63.5 Å². The minimum atomic E-state index is -0.331. The maximum atomic E-state index is 13.5. The predicted molar refractivity (Wildman–Crippen MR) is 111 cm³/mol. The van der Waals surface area contributed by atoms with E-state index in [2.05, 4.69) is 15.1 Å². The van der Waals surface area contributed by atoms with Crippen LogP contribution in [0.5, 0.6) is 0 Å². The first-order valence-corrected chi connectivity index (χ1v) is 10.1. The van der Waals surface area contributed by atoms with Gasteiger partial charge in [-0.3, -0.25) is 4.79 Å². The molecule has 6 rings (SSSR count). The summed E-state index contributed by atoms with van der Waals surface area (Å²) in [4.78, 5) is 22.6. The molecule has 5 aromatic rings. The van der Waals surface area contributed by atoms with Crippen molar-refractivity contribution in [2.75, 3.05) is 6.54 Å². The third-order valence-electron chi connectivity index (χ3n) is 5.69. The molecule has 1 aliphatic heterocycles. The maximum Gasteiger partial charge on any atom is 0.276 e. The van der Waals surface area contributed by atoms with E-state index >= 15 is 0 Å². The molecule has 1 atom stereocenters. The molecule has 3 aromatic heterocycles. The van der Waals surface area contributed by atoms with Crippen molar-refractivity contribution >= 4 is 27.9 Å². The Balaban J connectivity index is 1.29. The summed E-state index contributed by atoms with van der Waals surface area (Å²) in [7, 11) is 0. The molecule has 1 fully saturated rings. The lowest BCUT2D eigenvalue weighted by molar-refractivity contribution is 0.0720. The molecule has 1 N–H and O–H groups in total. The van der Waals surface area contributed by atoms with E-state index in [1.807, 2.05) is 30.3 Å². The number of fused-ring (bicyclic) bond motifs is 2. The Morgan fingerprint density at radius 1 is 1.13 bits per heavy atom. The Hall–Kier alpha value is -3.94. The van der Waals surface area contributed by atoms with Crippen molar-refractivity contribution < 1.29 is 18.1 Å². The van der Waals surface area contributed by atoms with Crippen molar-refractivity contribution in [2.24, 2.45) is 0 Å². The molecular weight excluding hydrogens is 399 g/mol. The lowest BCUT2D eigenvalue weighted by Gasteiger charge is -2.21. The Morgan fingerprint density at radius 2 is 2.03 bits per heavy atom. The van der Waals surface area contributed by atoms with Gasteiger partial charge >= 0.3 is 0 Å². The highest BCUT2D eigenvalue weighted by molar-refractivity contribution is 5.94. The second-order valence-corrected chi connectivity index (χ2v) is 7.66. The molecule has 0 spiro atoms. The van der Waals surface area contributed by atoms with Crippen LogP contribution in [-0.2, 0) is 0 Å². The van der Waals surface area contributed by atoms with E-state index in [-0.39, 0.29) is 23.5 Å². The average Bonchev–Trinajstić information content (AvgIpc) is 3.57. The van der Waals surface area contributed by atoms with Gasteiger partial charge in [0.25, 0.3) is 5.91 Å². The van der Waals surface area contributed by atoms with Gasteiger partial charge in [-0.2, -0.15) is 0 Å². The number of H-pyrrole nitrogens is 1. The third-order valence-corrected chi connectivity index (χ3v) is 5.69. The zero-order valence-corrected chi connectivity index (χ0v) is 16.3. The first-order valence-electron chi connectivity index (χ1n) is 10.1. The van der Waals surface area contributed by atoms with E-state index in [1.165, 1.54) is 12.1 Å². The van der Waals surface area contributed by atoms with E-state index < -0.39 is 0 Å². The van der Waals surface area contributed by atoms with Crippen molar-refractivity contribution in [1.82, 2.24) is 20.0 Å². The summed E-state index contributed by atoms with van der Waals surface area (Å²) in [6.07, 6.45) is 1.61. The fraction of sp³-hybridized carbons (Fsp3) is 0.174. The summed E-state index contributed by atoms with van der Waals surface area (Å²) in [5.41, 5.74) is 2.24. The predicted octanol–water partition coefficient (Wildman–Crippen LogP) is 5.08. The number of carbonyl (C=O) groups is 1. The van der Waals surface area contributed by atoms with Crippen molar-refractivity contribution in [1.29, 1.82) is 0 Å². The zero-order chi connectivity index (χ0) is 20.9. The summed E-state index contributed by atoms with van der Waals surface area (Å²) in [6, 6.07) is 15.3. The van der Waals surface area contributed by atoms with Gasteiger partial charge in [0, 0.05) is 18.0 Å². The highest BCUT2D eigenvalue weighted by Crippen LogP contribution is 2.34. The van der Waals surface area contributed by atoms with Gasteiger partial charge < -0.3 is 18.8 Å². The number of nitrogens with zero attached hydrogens (tertiary/aromatic N) is 3. The molecule has 31 heavy (non-hydrogen) atoms. The number of likely N-dealkylation sites (tertiary alicyclic amines) is 1. The van der Waals surface area contributed by atoms with Crippen LogP contribution in [0.1, 0.15) is 35.2 Å². The van der Waals surface area contributed by atoms with Gasteiger partial charge in [0.05, 0.1) is 17.1 Å². The molecule has 1 aliphatic rings. The average molecular weight is 416 g/mol. The van der Waals surface area contributed by atoms with Crippen LogP contribution in [0.3, 0.4) is 0 Å². The number of benzene rings is 2. The highest BCUT2D eigenvalue weighted by Gasteiger charge is 2.34. The van der Waals surface area contributed by atoms with Gasteiger partial charge in [0.2, 0.25) is 5.76 Å². The topological polar surface area (TPSA) is 88.2 Å². The standard InChI is InChI=1S/C23H17FN4O3/c24-14-7-8-15-16(11-14)26-22(25-15)18-5-3-9-28(18)23(29)17-12-21(31-27-17)20-10-13-4-1-2-6-19(13)30-20/h1-2,4,6-8,10-12,18H,3,5,9H2,(H,25,26). The second-order valence-electron chi connectivity index (χ2n) is 7.66. The summed E-state index contributed by atoms with van der Waals surface area (Å²) in [5, 5.41) is 4.93. The van der Waals surface area contributed by atoms with Gasteiger partial charge in [-0.1, -0.05) is 23.4 Å². The van der Waals surface area contributed by atoms with Gasteiger partial charge in [-0.25, -0.2) is 9.37 Å². The summed E-state index contributed by atoms with van der Waals surface area (Å²) >= 11 is 0. The van der Waals surface area contributed by atoms with Crippen LogP contribution in [0.4, 0.5) is 4.39 Å². The molecule has 7 nitrogen and oxygen atoms in total. The van der Waals surface area contributed by atoms with Crippen molar-refractivity contribution in [3.63, 3.8) is 0 Å². The number of hydrogen-bond acceptors (Lipinski definition) is 5. The van der Waals surface area contributed by atoms with Gasteiger partial charge in [0.1, 0.15) is 17.2 Å². The quantitative estimate of drug-likeness (QED) is 0.443. The fourth-order valence-electron chi connectivity index (χ4n) is 4.20. The Morgan fingerprint density at radius 3 is 2.94 bits per heavy atom. The second kappa shape index (κ2) is 6.80. The van der Waals surface area contributed by atoms with Crippen molar-refractivity contribution in [2.45, 2.75) is 18.9 Å². The molecule has 0 bridgehead atoms. The lowest BCUT2D eigenvalue weighted by atomic mass is 10.2. The molecule has 8 heteroatoms. The van der Waals surface area contributed by atoms with Gasteiger partial charge in [0.15, 0.2) is 11.5 Å². The van der Waals surface area contributed by atoms with Crippen LogP contribution in [0, 0.1) is 5.82 Å². The number of carbonyl (C=O) groups excluding carboxylic acids is 1. The number of hydrogen-bond donors (Lipinski definition) is 1. The van der Waals surface area contributed by atoms with Crippen molar-refractivity contribution in [3.8, 4) is 11.5 Å². The molecule has 4 heterocycles. The number of imidazole rings is 1. The SMILES string of the molecule is O=C(c1cc(-c2cc3ccccc3o2)on1)N1CCCC1c1nc2ccc(F)cc2[nH]1. The molecule has 2 aromatic carbocycles. The van der Waals surface area contributed by atoms with E-state index in [0.717, 1.165) is 23.8 Å². The maximum absolute atomic E-state index is 13.5. The normalized spacial score (nSPS) is 16.5. The van der Waals surface area contributed by atoms with Crippen LogP contribution in [0.25, 0.3) is 33.5 Å². The summed E-state index contributed by atoms with van der Waals surface area (Å²) in [5.74, 6) is 0.995. The van der Waals surface area contributed by atoms with Crippen LogP contribution in [0.2, 0.25) is 0 Å². The summed E-state index contributed by atoms with van der Waals surface area (Å²) in [6.45, 7) is 0.585. The highest BCUT2D eigenvalue weighted by atomic mass is 19.1. The molecule has 1 saturated heterocycles. The van der Waals surface area contributed by atoms with Gasteiger partial charge in [-0.05, 0) is 43.2 Å².